The molecule has 0 atom stereocenters. The van der Waals surface area contributed by atoms with Crippen LogP contribution < -0.4 is 14.8 Å². The van der Waals surface area contributed by atoms with Crippen LogP contribution in [0.1, 0.15) is 5.56 Å². The lowest BCUT2D eigenvalue weighted by Gasteiger charge is -2.36. The van der Waals surface area contributed by atoms with Gasteiger partial charge in [-0.15, -0.1) is 0 Å². The molecule has 0 saturated carbocycles. The van der Waals surface area contributed by atoms with Gasteiger partial charge in [-0.3, -0.25) is 9.69 Å². The Morgan fingerprint density at radius 3 is 2.57 bits per heavy atom. The van der Waals surface area contributed by atoms with Crippen LogP contribution in [0.25, 0.3) is 0 Å². The first-order valence-electron chi connectivity index (χ1n) is 8.44. The third kappa shape index (κ3) is 3.27. The van der Waals surface area contributed by atoms with Gasteiger partial charge in [0.2, 0.25) is 5.56 Å². The van der Waals surface area contributed by atoms with Crippen molar-refractivity contribution >= 4 is 41.0 Å². The number of benzene rings is 2. The van der Waals surface area contributed by atoms with E-state index in [1.807, 2.05) is 24.3 Å². The Balaban J connectivity index is 1.79. The van der Waals surface area contributed by atoms with E-state index in [1.54, 1.807) is 25.4 Å². The van der Waals surface area contributed by atoms with Crippen LogP contribution in [-0.2, 0) is 13.6 Å². The lowest BCUT2D eigenvalue weighted by molar-refractivity contribution is 0.254. The Morgan fingerprint density at radius 1 is 1.04 bits per heavy atom. The fourth-order valence-electron chi connectivity index (χ4n) is 2.96. The molecule has 4 rings (SSSR count). The van der Waals surface area contributed by atoms with E-state index in [1.165, 1.54) is 43.9 Å². The van der Waals surface area contributed by atoms with Gasteiger partial charge in [-0.2, -0.15) is 0 Å². The van der Waals surface area contributed by atoms with Crippen LogP contribution >= 0.6 is 23.5 Å². The number of aromatic nitrogens is 1. The van der Waals surface area contributed by atoms with Gasteiger partial charge in [-0.25, -0.2) is 13.5 Å². The van der Waals surface area contributed by atoms with Crippen molar-refractivity contribution in [2.24, 2.45) is 7.05 Å². The molecular weight excluding hydrogens is 401 g/mol. The molecule has 1 aliphatic heterocycles. The highest BCUT2D eigenvalue weighted by Crippen LogP contribution is 2.42. The number of pyridine rings is 1. The number of hydrogen-bond acceptors (Lipinski definition) is 3. The minimum atomic E-state index is -0.468. The van der Waals surface area contributed by atoms with E-state index in [2.05, 4.69) is 0 Å². The molecule has 2 amide bonds. The molecule has 28 heavy (non-hydrogen) atoms. The van der Waals surface area contributed by atoms with Crippen LogP contribution in [-0.4, -0.2) is 10.6 Å². The maximum absolute atomic E-state index is 14.3. The molecule has 5 nitrogen and oxygen atoms in total. The number of carbonyl (C=O) groups excluding carboxylic acids is 1. The topological polar surface area (TPSA) is 45.5 Å². The SMILES string of the molecule is Cn1cc(N2Sc3ccccc3N(Cc3c(F)cccc3Cl)C2=O)ccc1=O. The van der Waals surface area contributed by atoms with E-state index in [0.29, 0.717) is 11.4 Å². The molecular formula is C20H15ClFN3O2S. The number of nitrogens with zero attached hydrogens (tertiary/aromatic N) is 3. The summed E-state index contributed by atoms with van der Waals surface area (Å²) >= 11 is 7.44. The summed E-state index contributed by atoms with van der Waals surface area (Å²) in [7, 11) is 1.62. The molecule has 142 valence electrons. The van der Waals surface area contributed by atoms with Crippen molar-refractivity contribution in [3.63, 3.8) is 0 Å². The molecule has 0 unspecified atom stereocenters. The number of rotatable bonds is 3. The Morgan fingerprint density at radius 2 is 1.82 bits per heavy atom. The summed E-state index contributed by atoms with van der Waals surface area (Å²) < 4.78 is 17.2. The molecule has 2 aromatic carbocycles. The smallest absolute Gasteiger partial charge is 0.316 e. The van der Waals surface area contributed by atoms with Crippen molar-refractivity contribution in [1.82, 2.24) is 4.57 Å². The minimum Gasteiger partial charge on any atom is -0.316 e. The molecule has 0 aliphatic carbocycles. The van der Waals surface area contributed by atoms with Gasteiger partial charge < -0.3 is 4.57 Å². The summed E-state index contributed by atoms with van der Waals surface area (Å²) in [6.45, 7) is -0.00974. The van der Waals surface area contributed by atoms with E-state index >= 15 is 0 Å². The molecule has 8 heteroatoms. The van der Waals surface area contributed by atoms with Crippen molar-refractivity contribution in [3.05, 3.63) is 87.6 Å². The number of urea groups is 1. The highest BCUT2D eigenvalue weighted by atomic mass is 35.5. The molecule has 0 N–H and O–H groups in total. The lowest BCUT2D eigenvalue weighted by atomic mass is 10.2. The van der Waals surface area contributed by atoms with Gasteiger partial charge in [0.1, 0.15) is 5.82 Å². The molecule has 1 aliphatic rings. The van der Waals surface area contributed by atoms with E-state index < -0.39 is 5.82 Å². The third-order valence-corrected chi connectivity index (χ3v) is 5.88. The maximum atomic E-state index is 14.3. The van der Waals surface area contributed by atoms with Gasteiger partial charge in [-0.05, 0) is 42.3 Å². The second-order valence-corrected chi connectivity index (χ2v) is 7.65. The summed E-state index contributed by atoms with van der Waals surface area (Å²) in [6.07, 6.45) is 1.59. The minimum absolute atomic E-state index is 0.00974. The average molecular weight is 416 g/mol. The predicted molar refractivity (Wildman–Crippen MR) is 109 cm³/mol. The highest BCUT2D eigenvalue weighted by Gasteiger charge is 2.33. The summed E-state index contributed by atoms with van der Waals surface area (Å²) in [4.78, 5) is 27.3. The van der Waals surface area contributed by atoms with Crippen molar-refractivity contribution < 1.29 is 9.18 Å². The number of fused-ring (bicyclic) bond motifs is 1. The molecule has 0 radical (unpaired) electrons. The van der Waals surface area contributed by atoms with Crippen LogP contribution in [0.4, 0.5) is 20.6 Å². The Bertz CT molecular complexity index is 1110. The molecule has 0 fully saturated rings. The lowest BCUT2D eigenvalue weighted by Crippen LogP contribution is -2.43. The van der Waals surface area contributed by atoms with Crippen LogP contribution in [0.2, 0.25) is 5.02 Å². The molecule has 2 heterocycles. The molecule has 1 aromatic heterocycles. The number of halogens is 2. The number of amides is 2. The zero-order valence-electron chi connectivity index (χ0n) is 14.8. The monoisotopic (exact) mass is 415 g/mol. The second kappa shape index (κ2) is 7.33. The first kappa shape index (κ1) is 18.6. The van der Waals surface area contributed by atoms with Crippen molar-refractivity contribution in [2.75, 3.05) is 9.21 Å². The highest BCUT2D eigenvalue weighted by molar-refractivity contribution is 8.01. The Labute approximate surface area is 170 Å². The molecule has 3 aromatic rings. The van der Waals surface area contributed by atoms with Gasteiger partial charge in [0.25, 0.3) is 0 Å². The number of carbonyl (C=O) groups is 1. The fraction of sp³-hybridized carbons (Fsp3) is 0.100. The van der Waals surface area contributed by atoms with E-state index in [4.69, 9.17) is 11.6 Å². The predicted octanol–water partition coefficient (Wildman–Crippen LogP) is 4.83. The Hall–Kier alpha value is -2.77. The maximum Gasteiger partial charge on any atom is 0.339 e. The number of hydrogen-bond donors (Lipinski definition) is 0. The number of anilines is 2. The van der Waals surface area contributed by atoms with Gasteiger partial charge in [0.15, 0.2) is 0 Å². The van der Waals surface area contributed by atoms with Gasteiger partial charge in [-0.1, -0.05) is 29.8 Å². The normalized spacial score (nSPS) is 13.6. The standard InChI is InChI=1S/C20H15ClFN3O2S/c1-23-11-13(9-10-19(23)26)25-20(27)24(17-7-2-3-8-18(17)28-25)12-14-15(21)5-4-6-16(14)22/h2-11H,12H2,1H3. The van der Waals surface area contributed by atoms with Gasteiger partial charge in [0, 0.05) is 29.9 Å². The van der Waals surface area contributed by atoms with Crippen molar-refractivity contribution in [1.29, 1.82) is 0 Å². The Kier molecular flexibility index (Phi) is 4.87. The zero-order valence-corrected chi connectivity index (χ0v) is 16.4. The van der Waals surface area contributed by atoms with Gasteiger partial charge >= 0.3 is 6.03 Å². The van der Waals surface area contributed by atoms with E-state index in [9.17, 15) is 14.0 Å². The van der Waals surface area contributed by atoms with Crippen LogP contribution in [0.15, 0.2) is 70.5 Å². The third-order valence-electron chi connectivity index (χ3n) is 4.43. The summed E-state index contributed by atoms with van der Waals surface area (Å²) in [5.41, 5.74) is 1.31. The van der Waals surface area contributed by atoms with E-state index in [0.717, 1.165) is 4.90 Å². The first-order valence-corrected chi connectivity index (χ1v) is 9.59. The largest absolute Gasteiger partial charge is 0.339 e. The number of para-hydroxylation sites is 1. The van der Waals surface area contributed by atoms with Crippen molar-refractivity contribution in [2.45, 2.75) is 11.4 Å². The van der Waals surface area contributed by atoms with E-state index in [-0.39, 0.29) is 28.7 Å². The first-order chi connectivity index (χ1) is 13.5. The van der Waals surface area contributed by atoms with Crippen molar-refractivity contribution in [3.8, 4) is 0 Å². The molecule has 0 bridgehead atoms. The molecule has 0 spiro atoms. The summed E-state index contributed by atoms with van der Waals surface area (Å²) in [5, 5.41) is 0.261. The zero-order chi connectivity index (χ0) is 19.8. The van der Waals surface area contributed by atoms with Crippen LogP contribution in [0.3, 0.4) is 0 Å². The van der Waals surface area contributed by atoms with Crippen LogP contribution in [0.5, 0.6) is 0 Å². The molecule has 0 saturated heterocycles. The summed E-state index contributed by atoms with van der Waals surface area (Å²) in [6, 6.07) is 14.5. The van der Waals surface area contributed by atoms with Gasteiger partial charge in [0.05, 0.1) is 22.8 Å². The second-order valence-electron chi connectivity index (χ2n) is 6.26. The quantitative estimate of drug-likeness (QED) is 0.575. The average Bonchev–Trinajstić information content (AvgIpc) is 2.68. The fourth-order valence-corrected chi connectivity index (χ4v) is 4.19. The summed E-state index contributed by atoms with van der Waals surface area (Å²) in [5.74, 6) is -0.468. The van der Waals surface area contributed by atoms with Crippen LogP contribution in [0, 0.1) is 5.82 Å². The number of aryl methyl sites for hydroxylation is 1.